The second-order valence-electron chi connectivity index (χ2n) is 9.15. The van der Waals surface area contributed by atoms with E-state index in [0.29, 0.717) is 17.4 Å². The molecule has 2 aromatic heterocycles. The Labute approximate surface area is 203 Å². The largest absolute Gasteiger partial charge is 0.379 e. The zero-order valence-corrected chi connectivity index (χ0v) is 19.4. The molecule has 9 heteroatoms. The normalized spacial score (nSPS) is 21.9. The Morgan fingerprint density at radius 3 is 2.80 bits per heavy atom. The molecule has 2 unspecified atom stereocenters. The number of aromatic nitrogens is 3. The summed E-state index contributed by atoms with van der Waals surface area (Å²) < 4.78 is 11.6. The van der Waals surface area contributed by atoms with Crippen molar-refractivity contribution in [2.45, 2.75) is 31.1 Å². The lowest BCUT2D eigenvalue weighted by Gasteiger charge is -2.24. The van der Waals surface area contributed by atoms with Crippen LogP contribution in [0.25, 0.3) is 11.3 Å². The molecule has 3 N–H and O–H groups in total. The number of ether oxygens (including phenoxy) is 2. The highest BCUT2D eigenvalue weighted by molar-refractivity contribution is 5.99. The number of carbonyl (C=O) groups is 1. The van der Waals surface area contributed by atoms with E-state index < -0.39 is 0 Å². The van der Waals surface area contributed by atoms with Gasteiger partial charge in [-0.2, -0.15) is 5.10 Å². The average molecular weight is 473 g/mol. The van der Waals surface area contributed by atoms with Crippen molar-refractivity contribution in [1.82, 2.24) is 20.1 Å². The Bertz CT molecular complexity index is 1250. The first kappa shape index (κ1) is 22.0. The Morgan fingerprint density at radius 2 is 2.00 bits per heavy atom. The molecule has 1 aliphatic carbocycles. The first-order chi connectivity index (χ1) is 17.2. The highest BCUT2D eigenvalue weighted by Crippen LogP contribution is 2.43. The molecule has 2 saturated heterocycles. The fourth-order valence-electron chi connectivity index (χ4n) is 4.47. The molecular weight excluding hydrogens is 444 g/mol. The number of aromatic amines is 1. The quantitative estimate of drug-likeness (QED) is 0.337. The molecule has 180 valence electrons. The number of amides is 1. The fourth-order valence-corrected chi connectivity index (χ4v) is 4.47. The molecular formula is C26H28N6O3. The summed E-state index contributed by atoms with van der Waals surface area (Å²) in [5, 5.41) is 13.7. The third-order valence-corrected chi connectivity index (χ3v) is 6.53. The Balaban J connectivity index is 1.30. The number of anilines is 3. The summed E-state index contributed by atoms with van der Waals surface area (Å²) in [6.45, 7) is 6.71. The molecule has 0 bridgehead atoms. The van der Waals surface area contributed by atoms with Gasteiger partial charge in [0.15, 0.2) is 5.82 Å². The molecule has 0 spiro atoms. The van der Waals surface area contributed by atoms with Crippen LogP contribution in [-0.2, 0) is 14.3 Å². The van der Waals surface area contributed by atoms with Gasteiger partial charge in [-0.05, 0) is 48.7 Å². The lowest BCUT2D eigenvalue weighted by Crippen LogP contribution is -2.38. The Hall–Kier alpha value is -3.53. The topological polar surface area (TPSA) is 108 Å². The van der Waals surface area contributed by atoms with E-state index in [1.165, 1.54) is 18.9 Å². The standard InChI is InChI=1S/C26H28N6O3/c1-2-24(33)27-19-5-3-4-17(12-19)20-13-18(25-26(35-25)32-8-10-34-11-9-32)14-22(28-20)29-23-15-21(30-31-23)16-6-7-16/h2-5,12-16,25-26H,1,6-11H2,(H,27,33)(H2,28,29,30,31). The lowest BCUT2D eigenvalue weighted by atomic mass is 10.1. The third-order valence-electron chi connectivity index (χ3n) is 6.53. The summed E-state index contributed by atoms with van der Waals surface area (Å²) in [5.41, 5.74) is 4.57. The van der Waals surface area contributed by atoms with Crippen LogP contribution in [0.1, 0.15) is 36.1 Å². The number of hydrogen-bond donors (Lipinski definition) is 3. The van der Waals surface area contributed by atoms with Crippen LogP contribution in [-0.4, -0.2) is 58.5 Å². The number of nitrogens with one attached hydrogen (secondary N) is 3. The smallest absolute Gasteiger partial charge is 0.247 e. The van der Waals surface area contributed by atoms with Gasteiger partial charge in [-0.25, -0.2) is 4.98 Å². The zero-order valence-electron chi connectivity index (χ0n) is 19.4. The Kier molecular flexibility index (Phi) is 5.81. The summed E-state index contributed by atoms with van der Waals surface area (Å²) >= 11 is 0. The average Bonchev–Trinajstić information content (AvgIpc) is 3.82. The second-order valence-corrected chi connectivity index (χ2v) is 9.15. The van der Waals surface area contributed by atoms with Crippen molar-refractivity contribution in [3.05, 3.63) is 66.4 Å². The number of carbonyl (C=O) groups excluding carboxylic acids is 1. The number of rotatable bonds is 8. The Morgan fingerprint density at radius 1 is 1.14 bits per heavy atom. The van der Waals surface area contributed by atoms with E-state index in [2.05, 4.69) is 44.4 Å². The van der Waals surface area contributed by atoms with Gasteiger partial charge in [0.05, 0.1) is 18.9 Å². The molecule has 35 heavy (non-hydrogen) atoms. The minimum atomic E-state index is -0.254. The molecule has 1 amide bonds. The lowest BCUT2D eigenvalue weighted by molar-refractivity contribution is -0.111. The van der Waals surface area contributed by atoms with Gasteiger partial charge in [0.25, 0.3) is 0 Å². The minimum absolute atomic E-state index is 0.0275. The fraction of sp³-hybridized carbons (Fsp3) is 0.346. The number of nitrogens with zero attached hydrogens (tertiary/aromatic N) is 3. The van der Waals surface area contributed by atoms with Crippen molar-refractivity contribution < 1.29 is 14.3 Å². The van der Waals surface area contributed by atoms with Gasteiger partial charge in [-0.1, -0.05) is 18.7 Å². The van der Waals surface area contributed by atoms with E-state index in [1.54, 1.807) is 0 Å². The van der Waals surface area contributed by atoms with Crippen LogP contribution in [0.15, 0.2) is 55.1 Å². The molecule has 4 heterocycles. The highest BCUT2D eigenvalue weighted by atomic mass is 16.6. The van der Waals surface area contributed by atoms with E-state index in [9.17, 15) is 4.79 Å². The van der Waals surface area contributed by atoms with Gasteiger partial charge in [-0.15, -0.1) is 0 Å². The number of epoxide rings is 1. The van der Waals surface area contributed by atoms with Crippen molar-refractivity contribution in [3.63, 3.8) is 0 Å². The molecule has 3 fully saturated rings. The predicted molar refractivity (Wildman–Crippen MR) is 132 cm³/mol. The number of hydrogen-bond acceptors (Lipinski definition) is 7. The molecule has 3 aliphatic rings. The minimum Gasteiger partial charge on any atom is -0.379 e. The van der Waals surface area contributed by atoms with Crippen LogP contribution in [0.3, 0.4) is 0 Å². The van der Waals surface area contributed by atoms with Gasteiger partial charge in [0, 0.05) is 42.0 Å². The third kappa shape index (κ3) is 4.97. The summed E-state index contributed by atoms with van der Waals surface area (Å²) in [6.07, 6.45) is 3.69. The maximum atomic E-state index is 11.8. The van der Waals surface area contributed by atoms with Crippen molar-refractivity contribution in [1.29, 1.82) is 0 Å². The van der Waals surface area contributed by atoms with Gasteiger partial charge in [0.1, 0.15) is 18.1 Å². The van der Waals surface area contributed by atoms with Crippen LogP contribution >= 0.6 is 0 Å². The van der Waals surface area contributed by atoms with E-state index >= 15 is 0 Å². The maximum Gasteiger partial charge on any atom is 0.247 e. The number of pyridine rings is 1. The molecule has 2 atom stereocenters. The predicted octanol–water partition coefficient (Wildman–Crippen LogP) is 3.95. The summed E-state index contributed by atoms with van der Waals surface area (Å²) in [4.78, 5) is 19.0. The zero-order chi connectivity index (χ0) is 23.8. The van der Waals surface area contributed by atoms with Gasteiger partial charge >= 0.3 is 0 Å². The molecule has 2 aliphatic heterocycles. The molecule has 0 radical (unpaired) electrons. The SMILES string of the molecule is C=CC(=O)Nc1cccc(-c2cc(C3OC3N3CCOCC3)cc(Nc3cc(C4CC4)[nH]n3)n2)c1. The highest BCUT2D eigenvalue weighted by Gasteiger charge is 2.45. The first-order valence-electron chi connectivity index (χ1n) is 12.0. The van der Waals surface area contributed by atoms with Crippen molar-refractivity contribution in [2.75, 3.05) is 36.9 Å². The van der Waals surface area contributed by atoms with Crippen LogP contribution < -0.4 is 10.6 Å². The molecule has 1 aromatic carbocycles. The van der Waals surface area contributed by atoms with E-state index in [-0.39, 0.29) is 18.2 Å². The van der Waals surface area contributed by atoms with Crippen LogP contribution in [0.2, 0.25) is 0 Å². The second kappa shape index (κ2) is 9.26. The number of benzene rings is 1. The maximum absolute atomic E-state index is 11.8. The van der Waals surface area contributed by atoms with Crippen molar-refractivity contribution in [2.24, 2.45) is 0 Å². The van der Waals surface area contributed by atoms with Gasteiger partial charge in [0.2, 0.25) is 5.91 Å². The van der Waals surface area contributed by atoms with E-state index in [1.807, 2.05) is 30.3 Å². The van der Waals surface area contributed by atoms with Gasteiger partial charge < -0.3 is 20.1 Å². The number of morpholine rings is 1. The van der Waals surface area contributed by atoms with Crippen LogP contribution in [0.4, 0.5) is 17.3 Å². The van der Waals surface area contributed by atoms with E-state index in [0.717, 1.165) is 54.6 Å². The molecule has 3 aromatic rings. The van der Waals surface area contributed by atoms with Crippen molar-refractivity contribution in [3.8, 4) is 11.3 Å². The van der Waals surface area contributed by atoms with Crippen LogP contribution in [0.5, 0.6) is 0 Å². The molecule has 1 saturated carbocycles. The first-order valence-corrected chi connectivity index (χ1v) is 12.0. The van der Waals surface area contributed by atoms with Gasteiger partial charge in [-0.3, -0.25) is 14.8 Å². The summed E-state index contributed by atoms with van der Waals surface area (Å²) in [7, 11) is 0. The summed E-state index contributed by atoms with van der Waals surface area (Å²) in [6, 6.07) is 13.8. The number of H-pyrrole nitrogens is 1. The van der Waals surface area contributed by atoms with Crippen molar-refractivity contribution >= 4 is 23.2 Å². The summed E-state index contributed by atoms with van der Waals surface area (Å²) in [5.74, 6) is 1.78. The molecule has 9 nitrogen and oxygen atoms in total. The monoisotopic (exact) mass is 472 g/mol. The van der Waals surface area contributed by atoms with Crippen LogP contribution in [0, 0.1) is 0 Å². The molecule has 6 rings (SSSR count). The van der Waals surface area contributed by atoms with E-state index in [4.69, 9.17) is 14.5 Å².